The van der Waals surface area contributed by atoms with E-state index in [2.05, 4.69) is 5.32 Å². The van der Waals surface area contributed by atoms with E-state index in [1.54, 1.807) is 24.3 Å². The standard InChI is InChI=1S/C22H25NO6/c1-14-5-8-19(27-3)16(11-14)18(24)7-10-22(26)29-13-21(25)23-17-12-15(2)6-9-20(17)28-4/h5-6,8-9,11-12H,7,10,13H2,1-4H3,(H,23,25). The lowest BCUT2D eigenvalue weighted by Gasteiger charge is -2.11. The van der Waals surface area contributed by atoms with Crippen molar-refractivity contribution < 1.29 is 28.6 Å². The molecule has 0 saturated carbocycles. The van der Waals surface area contributed by atoms with Gasteiger partial charge >= 0.3 is 5.97 Å². The Kier molecular flexibility index (Phi) is 7.77. The first-order valence-electron chi connectivity index (χ1n) is 9.12. The summed E-state index contributed by atoms with van der Waals surface area (Å²) in [6.45, 7) is 3.31. The summed E-state index contributed by atoms with van der Waals surface area (Å²) in [4.78, 5) is 36.4. The molecule has 0 aliphatic carbocycles. The van der Waals surface area contributed by atoms with Crippen molar-refractivity contribution in [2.75, 3.05) is 26.1 Å². The SMILES string of the molecule is COc1ccc(C)cc1NC(=O)COC(=O)CCC(=O)c1cc(C)ccc1OC. The molecule has 7 heteroatoms. The first kappa shape index (κ1) is 21.9. The van der Waals surface area contributed by atoms with Crippen molar-refractivity contribution in [3.05, 3.63) is 53.1 Å². The van der Waals surface area contributed by atoms with Crippen LogP contribution in [0, 0.1) is 13.8 Å². The van der Waals surface area contributed by atoms with Gasteiger partial charge in [-0.05, 0) is 43.7 Å². The largest absolute Gasteiger partial charge is 0.496 e. The Bertz CT molecular complexity index is 906. The molecule has 1 N–H and O–H groups in total. The summed E-state index contributed by atoms with van der Waals surface area (Å²) in [5.74, 6) is -0.380. The number of Topliss-reactive ketones (excluding diaryl/α,β-unsaturated/α-hetero) is 1. The number of ketones is 1. The van der Waals surface area contributed by atoms with E-state index in [1.807, 2.05) is 26.0 Å². The highest BCUT2D eigenvalue weighted by atomic mass is 16.5. The van der Waals surface area contributed by atoms with E-state index in [0.717, 1.165) is 11.1 Å². The predicted octanol–water partition coefficient (Wildman–Crippen LogP) is 3.47. The number of carbonyl (C=O) groups excluding carboxylic acids is 3. The van der Waals surface area contributed by atoms with Crippen LogP contribution < -0.4 is 14.8 Å². The monoisotopic (exact) mass is 399 g/mol. The minimum atomic E-state index is -0.628. The Hall–Kier alpha value is -3.35. The summed E-state index contributed by atoms with van der Waals surface area (Å²) in [5.41, 5.74) is 2.78. The van der Waals surface area contributed by atoms with Crippen LogP contribution in [0.2, 0.25) is 0 Å². The lowest BCUT2D eigenvalue weighted by Crippen LogP contribution is -2.21. The first-order valence-corrected chi connectivity index (χ1v) is 9.12. The highest BCUT2D eigenvalue weighted by Crippen LogP contribution is 2.25. The van der Waals surface area contributed by atoms with Gasteiger partial charge in [0.25, 0.3) is 5.91 Å². The topological polar surface area (TPSA) is 90.9 Å². The van der Waals surface area contributed by atoms with Crippen LogP contribution >= 0.6 is 0 Å². The number of ether oxygens (including phenoxy) is 3. The highest BCUT2D eigenvalue weighted by molar-refractivity contribution is 6.00. The van der Waals surface area contributed by atoms with Crippen molar-refractivity contribution in [2.24, 2.45) is 0 Å². The average Bonchev–Trinajstić information content (AvgIpc) is 2.70. The maximum atomic E-state index is 12.4. The van der Waals surface area contributed by atoms with Gasteiger partial charge in [0.15, 0.2) is 12.4 Å². The quantitative estimate of drug-likeness (QED) is 0.513. The molecule has 0 aliphatic heterocycles. The zero-order valence-electron chi connectivity index (χ0n) is 17.0. The predicted molar refractivity (Wildman–Crippen MR) is 109 cm³/mol. The summed E-state index contributed by atoms with van der Waals surface area (Å²) in [7, 11) is 2.98. The van der Waals surface area contributed by atoms with Gasteiger partial charge in [-0.15, -0.1) is 0 Å². The van der Waals surface area contributed by atoms with Gasteiger partial charge in [-0.2, -0.15) is 0 Å². The highest BCUT2D eigenvalue weighted by Gasteiger charge is 2.16. The average molecular weight is 399 g/mol. The van der Waals surface area contributed by atoms with Crippen LogP contribution in [-0.2, 0) is 14.3 Å². The maximum absolute atomic E-state index is 12.4. The minimum Gasteiger partial charge on any atom is -0.496 e. The molecular formula is C22H25NO6. The molecule has 0 heterocycles. The number of esters is 1. The second kappa shape index (κ2) is 10.3. The van der Waals surface area contributed by atoms with Crippen LogP contribution in [0.4, 0.5) is 5.69 Å². The molecule has 0 bridgehead atoms. The zero-order valence-corrected chi connectivity index (χ0v) is 17.0. The van der Waals surface area contributed by atoms with Crippen LogP contribution in [0.3, 0.4) is 0 Å². The molecule has 0 saturated heterocycles. The molecule has 0 atom stereocenters. The van der Waals surface area contributed by atoms with E-state index in [-0.39, 0.29) is 18.6 Å². The fourth-order valence-electron chi connectivity index (χ4n) is 2.71. The number of rotatable bonds is 9. The van der Waals surface area contributed by atoms with Crippen LogP contribution in [0.1, 0.15) is 34.3 Å². The number of aryl methyl sites for hydroxylation is 2. The summed E-state index contributed by atoms with van der Waals surface area (Å²) in [6, 6.07) is 10.6. The Morgan fingerprint density at radius 1 is 0.862 bits per heavy atom. The minimum absolute atomic E-state index is 0.0357. The Labute approximate surface area is 170 Å². The number of carbonyl (C=O) groups is 3. The summed E-state index contributed by atoms with van der Waals surface area (Å²) in [5, 5.41) is 2.65. The van der Waals surface area contributed by atoms with Gasteiger partial charge in [0.05, 0.1) is 31.9 Å². The summed E-state index contributed by atoms with van der Waals surface area (Å²) in [6.07, 6.45) is -0.164. The fraction of sp³-hybridized carbons (Fsp3) is 0.318. The number of hydrogen-bond donors (Lipinski definition) is 1. The molecule has 0 radical (unpaired) electrons. The third-order valence-corrected chi connectivity index (χ3v) is 4.20. The zero-order chi connectivity index (χ0) is 21.4. The molecule has 154 valence electrons. The number of hydrogen-bond acceptors (Lipinski definition) is 6. The van der Waals surface area contributed by atoms with Crippen molar-refractivity contribution in [3.63, 3.8) is 0 Å². The molecule has 0 aliphatic rings. The number of benzene rings is 2. The van der Waals surface area contributed by atoms with E-state index in [4.69, 9.17) is 14.2 Å². The molecule has 2 aromatic rings. The Morgan fingerprint density at radius 3 is 2.14 bits per heavy atom. The Morgan fingerprint density at radius 2 is 1.48 bits per heavy atom. The van der Waals surface area contributed by atoms with E-state index in [1.165, 1.54) is 14.2 Å². The van der Waals surface area contributed by atoms with Crippen molar-refractivity contribution in [3.8, 4) is 11.5 Å². The third kappa shape index (κ3) is 6.34. The Balaban J connectivity index is 1.84. The number of nitrogens with one attached hydrogen (secondary N) is 1. The van der Waals surface area contributed by atoms with Crippen molar-refractivity contribution in [1.29, 1.82) is 0 Å². The molecule has 2 aromatic carbocycles. The van der Waals surface area contributed by atoms with Gasteiger partial charge < -0.3 is 19.5 Å². The second-order valence-electron chi connectivity index (χ2n) is 6.54. The van der Waals surface area contributed by atoms with Crippen molar-refractivity contribution in [2.45, 2.75) is 26.7 Å². The van der Waals surface area contributed by atoms with E-state index < -0.39 is 18.5 Å². The van der Waals surface area contributed by atoms with Gasteiger partial charge in [0.2, 0.25) is 0 Å². The fourth-order valence-corrected chi connectivity index (χ4v) is 2.71. The van der Waals surface area contributed by atoms with Gasteiger partial charge in [-0.1, -0.05) is 17.7 Å². The van der Waals surface area contributed by atoms with Crippen LogP contribution in [0.25, 0.3) is 0 Å². The summed E-state index contributed by atoms with van der Waals surface area (Å²) < 4.78 is 15.4. The molecular weight excluding hydrogens is 374 g/mol. The third-order valence-electron chi connectivity index (χ3n) is 4.20. The lowest BCUT2D eigenvalue weighted by molar-refractivity contribution is -0.147. The number of methoxy groups -OCH3 is 2. The molecule has 1 amide bonds. The van der Waals surface area contributed by atoms with Crippen LogP contribution in [0.5, 0.6) is 11.5 Å². The van der Waals surface area contributed by atoms with E-state index in [0.29, 0.717) is 22.7 Å². The lowest BCUT2D eigenvalue weighted by atomic mass is 10.0. The van der Waals surface area contributed by atoms with E-state index >= 15 is 0 Å². The smallest absolute Gasteiger partial charge is 0.306 e. The van der Waals surface area contributed by atoms with Crippen molar-refractivity contribution in [1.82, 2.24) is 0 Å². The molecule has 0 spiro atoms. The maximum Gasteiger partial charge on any atom is 0.306 e. The number of anilines is 1. The van der Waals surface area contributed by atoms with E-state index in [9.17, 15) is 14.4 Å². The van der Waals surface area contributed by atoms with Gasteiger partial charge in [0.1, 0.15) is 11.5 Å². The van der Waals surface area contributed by atoms with Crippen molar-refractivity contribution >= 4 is 23.3 Å². The van der Waals surface area contributed by atoms with Crippen LogP contribution in [0.15, 0.2) is 36.4 Å². The molecule has 2 rings (SSSR count). The molecule has 0 unspecified atom stereocenters. The van der Waals surface area contributed by atoms with Gasteiger partial charge in [0, 0.05) is 6.42 Å². The summed E-state index contributed by atoms with van der Waals surface area (Å²) >= 11 is 0. The first-order chi connectivity index (χ1) is 13.8. The normalized spacial score (nSPS) is 10.2. The molecule has 0 fully saturated rings. The second-order valence-corrected chi connectivity index (χ2v) is 6.54. The van der Waals surface area contributed by atoms with Gasteiger partial charge in [-0.3, -0.25) is 14.4 Å². The van der Waals surface area contributed by atoms with Crippen LogP contribution in [-0.4, -0.2) is 38.5 Å². The number of amides is 1. The van der Waals surface area contributed by atoms with Gasteiger partial charge in [-0.25, -0.2) is 0 Å². The molecule has 7 nitrogen and oxygen atoms in total. The molecule has 0 aromatic heterocycles. The molecule has 29 heavy (non-hydrogen) atoms.